The minimum atomic E-state index is -0.618. The number of halogens is 1. The van der Waals surface area contributed by atoms with Crippen LogP contribution in [0.3, 0.4) is 0 Å². The summed E-state index contributed by atoms with van der Waals surface area (Å²) in [7, 11) is 2.59. The first-order valence-corrected chi connectivity index (χ1v) is 4.75. The van der Waals surface area contributed by atoms with E-state index in [9.17, 15) is 9.59 Å². The Morgan fingerprint density at radius 1 is 1.44 bits per heavy atom. The highest BCUT2D eigenvalue weighted by molar-refractivity contribution is 6.31. The van der Waals surface area contributed by atoms with Crippen molar-refractivity contribution in [2.75, 3.05) is 14.2 Å². The van der Waals surface area contributed by atoms with E-state index >= 15 is 0 Å². The number of pyridine rings is 1. The van der Waals surface area contributed by atoms with Gasteiger partial charge in [-0.2, -0.15) is 0 Å². The van der Waals surface area contributed by atoms with E-state index in [1.165, 1.54) is 26.5 Å². The van der Waals surface area contributed by atoms with E-state index in [2.05, 4.69) is 9.72 Å². The van der Waals surface area contributed by atoms with Crippen LogP contribution in [0.5, 0.6) is 5.88 Å². The molecule has 86 valence electrons. The molecule has 0 saturated heterocycles. The molecule has 0 spiro atoms. The molecule has 1 rings (SSSR count). The maximum absolute atomic E-state index is 11.7. The Labute approximate surface area is 97.3 Å². The zero-order valence-electron chi connectivity index (χ0n) is 8.82. The van der Waals surface area contributed by atoms with Crippen LogP contribution in [0, 0.1) is 0 Å². The van der Waals surface area contributed by atoms with Crippen molar-refractivity contribution in [1.82, 2.24) is 4.98 Å². The molecule has 1 heterocycles. The summed E-state index contributed by atoms with van der Waals surface area (Å²) >= 11 is 5.70. The van der Waals surface area contributed by atoms with E-state index in [-0.39, 0.29) is 17.9 Å². The molecule has 0 unspecified atom stereocenters. The lowest BCUT2D eigenvalue weighted by atomic mass is 10.1. The van der Waals surface area contributed by atoms with Gasteiger partial charge in [0.25, 0.3) is 0 Å². The Hall–Kier alpha value is -1.62. The molecule has 0 aliphatic carbocycles. The summed E-state index contributed by atoms with van der Waals surface area (Å²) in [5.41, 5.74) is 0.167. The third kappa shape index (κ3) is 2.93. The summed E-state index contributed by atoms with van der Waals surface area (Å²) in [5.74, 6) is -0.927. The second-order valence-electron chi connectivity index (χ2n) is 2.89. The van der Waals surface area contributed by atoms with Crippen molar-refractivity contribution in [2.24, 2.45) is 0 Å². The van der Waals surface area contributed by atoms with Crippen LogP contribution in [-0.2, 0) is 9.53 Å². The van der Waals surface area contributed by atoms with Gasteiger partial charge in [-0.15, -0.1) is 0 Å². The summed E-state index contributed by atoms with van der Waals surface area (Å²) in [4.78, 5) is 26.4. The van der Waals surface area contributed by atoms with E-state index in [1.807, 2.05) is 0 Å². The lowest BCUT2D eigenvalue weighted by Crippen LogP contribution is -2.11. The number of rotatable bonds is 4. The van der Waals surface area contributed by atoms with Gasteiger partial charge in [-0.3, -0.25) is 9.59 Å². The number of ether oxygens (including phenoxy) is 2. The molecule has 0 amide bonds. The molecule has 5 nitrogen and oxygen atoms in total. The number of hydrogen-bond donors (Lipinski definition) is 0. The topological polar surface area (TPSA) is 65.5 Å². The minimum Gasteiger partial charge on any atom is -0.480 e. The van der Waals surface area contributed by atoms with Crippen LogP contribution in [-0.4, -0.2) is 31.0 Å². The van der Waals surface area contributed by atoms with Crippen LogP contribution in [0.4, 0.5) is 0 Å². The number of carbonyl (C=O) groups excluding carboxylic acids is 2. The van der Waals surface area contributed by atoms with Crippen LogP contribution in [0.1, 0.15) is 16.8 Å². The van der Waals surface area contributed by atoms with Crippen molar-refractivity contribution < 1.29 is 19.1 Å². The highest BCUT2D eigenvalue weighted by atomic mass is 35.5. The number of hydrogen-bond acceptors (Lipinski definition) is 5. The molecule has 1 aromatic rings. The molecule has 0 aromatic carbocycles. The van der Waals surface area contributed by atoms with E-state index in [0.29, 0.717) is 5.02 Å². The predicted molar refractivity (Wildman–Crippen MR) is 56.8 cm³/mol. The molecule has 0 aliphatic rings. The zero-order chi connectivity index (χ0) is 12.1. The normalized spacial score (nSPS) is 9.69. The lowest BCUT2D eigenvalue weighted by Gasteiger charge is -2.05. The molecular weight excluding hydrogens is 234 g/mol. The Kier molecular flexibility index (Phi) is 4.25. The first-order valence-electron chi connectivity index (χ1n) is 4.38. The van der Waals surface area contributed by atoms with Crippen LogP contribution in [0.2, 0.25) is 5.02 Å². The second kappa shape index (κ2) is 5.46. The highest BCUT2D eigenvalue weighted by Gasteiger charge is 2.17. The molecule has 0 aliphatic heterocycles. The molecule has 6 heteroatoms. The lowest BCUT2D eigenvalue weighted by molar-refractivity contribution is -0.139. The van der Waals surface area contributed by atoms with E-state index in [1.54, 1.807) is 0 Å². The van der Waals surface area contributed by atoms with Crippen molar-refractivity contribution >= 4 is 23.4 Å². The molecule has 0 N–H and O–H groups in total. The molecule has 1 aromatic heterocycles. The maximum Gasteiger partial charge on any atom is 0.313 e. The quantitative estimate of drug-likeness (QED) is 0.455. The SMILES string of the molecule is COC(=O)CC(=O)c1cc(Cl)cnc1OC. The van der Waals surface area contributed by atoms with Gasteiger partial charge in [-0.25, -0.2) is 4.98 Å². The van der Waals surface area contributed by atoms with Crippen LogP contribution in [0.25, 0.3) is 0 Å². The monoisotopic (exact) mass is 243 g/mol. The highest BCUT2D eigenvalue weighted by Crippen LogP contribution is 2.20. The number of esters is 1. The average molecular weight is 244 g/mol. The van der Waals surface area contributed by atoms with Gasteiger partial charge >= 0.3 is 5.97 Å². The van der Waals surface area contributed by atoms with Crippen molar-refractivity contribution in [3.63, 3.8) is 0 Å². The standard InChI is InChI=1S/C10H10ClNO4/c1-15-9(14)4-8(13)7-3-6(11)5-12-10(7)16-2/h3,5H,4H2,1-2H3. The average Bonchev–Trinajstić information content (AvgIpc) is 2.28. The van der Waals surface area contributed by atoms with Crippen LogP contribution in [0.15, 0.2) is 12.3 Å². The maximum atomic E-state index is 11.7. The summed E-state index contributed by atoms with van der Waals surface area (Å²) in [6.45, 7) is 0. The molecule has 0 saturated carbocycles. The fourth-order valence-electron chi connectivity index (χ4n) is 1.09. The van der Waals surface area contributed by atoms with Gasteiger partial charge < -0.3 is 9.47 Å². The summed E-state index contributed by atoms with van der Waals surface area (Å²) in [5, 5.41) is 0.300. The number of methoxy groups -OCH3 is 2. The van der Waals surface area contributed by atoms with Crippen molar-refractivity contribution in [2.45, 2.75) is 6.42 Å². The van der Waals surface area contributed by atoms with Gasteiger partial charge in [0.1, 0.15) is 6.42 Å². The summed E-state index contributed by atoms with van der Waals surface area (Å²) in [6.07, 6.45) is 0.990. The van der Waals surface area contributed by atoms with Crippen molar-refractivity contribution in [3.05, 3.63) is 22.8 Å². The number of Topliss-reactive ketones (excluding diaryl/α,β-unsaturated/α-hetero) is 1. The Morgan fingerprint density at radius 2 is 2.12 bits per heavy atom. The van der Waals surface area contributed by atoms with Gasteiger partial charge in [-0.1, -0.05) is 11.6 Å². The van der Waals surface area contributed by atoms with Crippen LogP contribution < -0.4 is 4.74 Å². The number of ketones is 1. The van der Waals surface area contributed by atoms with E-state index < -0.39 is 11.8 Å². The number of nitrogens with zero attached hydrogens (tertiary/aromatic N) is 1. The first kappa shape index (κ1) is 12.4. The van der Waals surface area contributed by atoms with Crippen LogP contribution >= 0.6 is 11.6 Å². The predicted octanol–water partition coefficient (Wildman–Crippen LogP) is 1.49. The van der Waals surface area contributed by atoms with Gasteiger partial charge in [0.05, 0.1) is 24.8 Å². The third-order valence-electron chi connectivity index (χ3n) is 1.84. The molecule has 0 bridgehead atoms. The molecule has 16 heavy (non-hydrogen) atoms. The molecule has 0 fully saturated rings. The molecule has 0 radical (unpaired) electrons. The zero-order valence-corrected chi connectivity index (χ0v) is 9.58. The van der Waals surface area contributed by atoms with E-state index in [4.69, 9.17) is 16.3 Å². The Bertz CT molecular complexity index is 419. The van der Waals surface area contributed by atoms with Crippen molar-refractivity contribution in [3.8, 4) is 5.88 Å². The van der Waals surface area contributed by atoms with Gasteiger partial charge in [0.15, 0.2) is 5.78 Å². The van der Waals surface area contributed by atoms with Gasteiger partial charge in [-0.05, 0) is 6.07 Å². The second-order valence-corrected chi connectivity index (χ2v) is 3.32. The van der Waals surface area contributed by atoms with Crippen molar-refractivity contribution in [1.29, 1.82) is 0 Å². The Balaban J connectivity index is 2.97. The largest absolute Gasteiger partial charge is 0.480 e. The summed E-state index contributed by atoms with van der Waals surface area (Å²) < 4.78 is 9.29. The fourth-order valence-corrected chi connectivity index (χ4v) is 1.25. The number of carbonyl (C=O) groups is 2. The van der Waals surface area contributed by atoms with Gasteiger partial charge in [0, 0.05) is 6.20 Å². The number of aromatic nitrogens is 1. The fraction of sp³-hybridized carbons (Fsp3) is 0.300. The van der Waals surface area contributed by atoms with Gasteiger partial charge in [0.2, 0.25) is 5.88 Å². The third-order valence-corrected chi connectivity index (χ3v) is 2.05. The molecular formula is C10H10ClNO4. The molecule has 0 atom stereocenters. The summed E-state index contributed by atoms with van der Waals surface area (Å²) in [6, 6.07) is 1.40. The first-order chi connectivity index (χ1) is 7.58. The minimum absolute atomic E-state index is 0.137. The smallest absolute Gasteiger partial charge is 0.313 e. The Morgan fingerprint density at radius 3 is 2.69 bits per heavy atom. The van der Waals surface area contributed by atoms with E-state index in [0.717, 1.165) is 0 Å².